The molecule has 0 atom stereocenters. The van der Waals surface area contributed by atoms with Gasteiger partial charge in [-0.2, -0.15) is 0 Å². The number of fused-ring (bicyclic) bond motifs is 6. The van der Waals surface area contributed by atoms with E-state index in [4.69, 9.17) is 4.42 Å². The Kier molecular flexibility index (Phi) is 7.82. The molecule has 0 aliphatic carbocycles. The van der Waals surface area contributed by atoms with Crippen LogP contribution in [0.3, 0.4) is 0 Å². The van der Waals surface area contributed by atoms with Crippen LogP contribution in [0.25, 0.3) is 82.8 Å². The number of benzene rings is 9. The van der Waals surface area contributed by atoms with E-state index in [-0.39, 0.29) is 0 Å². The van der Waals surface area contributed by atoms with E-state index in [9.17, 15) is 0 Å². The molecular formula is C54H36N2O. The van der Waals surface area contributed by atoms with Crippen molar-refractivity contribution in [3.05, 3.63) is 218 Å². The van der Waals surface area contributed by atoms with Gasteiger partial charge in [-0.1, -0.05) is 152 Å². The molecule has 0 radical (unpaired) electrons. The lowest BCUT2D eigenvalue weighted by atomic mass is 9.99. The minimum absolute atomic E-state index is 0.903. The fourth-order valence-corrected chi connectivity index (χ4v) is 8.58. The Bertz CT molecular complexity index is 3220. The summed E-state index contributed by atoms with van der Waals surface area (Å²) in [5.74, 6) is 0. The van der Waals surface area contributed by atoms with Gasteiger partial charge in [-0.05, 0) is 94.5 Å². The number of para-hydroxylation sites is 3. The van der Waals surface area contributed by atoms with Crippen molar-refractivity contribution in [2.75, 3.05) is 4.90 Å². The predicted octanol–water partition coefficient (Wildman–Crippen LogP) is 15.2. The summed E-state index contributed by atoms with van der Waals surface area (Å²) in [6, 6.07) is 78.1. The van der Waals surface area contributed by atoms with Gasteiger partial charge >= 0.3 is 0 Å². The van der Waals surface area contributed by atoms with Crippen molar-refractivity contribution < 1.29 is 4.42 Å². The van der Waals surface area contributed by atoms with E-state index < -0.39 is 0 Å². The molecule has 11 rings (SSSR count). The Hall–Kier alpha value is -7.62. The van der Waals surface area contributed by atoms with Crippen molar-refractivity contribution in [2.45, 2.75) is 0 Å². The van der Waals surface area contributed by atoms with E-state index in [1.54, 1.807) is 0 Å². The van der Waals surface area contributed by atoms with Crippen molar-refractivity contribution in [1.82, 2.24) is 4.57 Å². The van der Waals surface area contributed by atoms with Crippen LogP contribution in [0, 0.1) is 0 Å². The minimum Gasteiger partial charge on any atom is -0.455 e. The summed E-state index contributed by atoms with van der Waals surface area (Å²) in [5.41, 5.74) is 15.5. The highest BCUT2D eigenvalue weighted by atomic mass is 16.3. The number of anilines is 3. The van der Waals surface area contributed by atoms with E-state index in [1.807, 2.05) is 12.1 Å². The molecule has 3 heteroatoms. The normalized spacial score (nSPS) is 11.5. The van der Waals surface area contributed by atoms with E-state index >= 15 is 0 Å². The summed E-state index contributed by atoms with van der Waals surface area (Å²) in [7, 11) is 0. The highest BCUT2D eigenvalue weighted by molar-refractivity contribution is 6.17. The van der Waals surface area contributed by atoms with Crippen LogP contribution in [-0.2, 0) is 0 Å². The van der Waals surface area contributed by atoms with Gasteiger partial charge in [-0.25, -0.2) is 0 Å². The van der Waals surface area contributed by atoms with Crippen LogP contribution >= 0.6 is 0 Å². The van der Waals surface area contributed by atoms with Gasteiger partial charge in [0.15, 0.2) is 0 Å². The summed E-state index contributed by atoms with van der Waals surface area (Å²) < 4.78 is 8.85. The molecule has 0 N–H and O–H groups in total. The maximum atomic E-state index is 6.45. The van der Waals surface area contributed by atoms with Crippen molar-refractivity contribution in [2.24, 2.45) is 0 Å². The molecule has 3 nitrogen and oxygen atoms in total. The van der Waals surface area contributed by atoms with Gasteiger partial charge in [-0.3, -0.25) is 0 Å². The third-order valence-corrected chi connectivity index (χ3v) is 11.2. The number of aromatic nitrogens is 1. The average Bonchev–Trinajstić information content (AvgIpc) is 3.84. The van der Waals surface area contributed by atoms with Crippen molar-refractivity contribution in [3.63, 3.8) is 0 Å². The van der Waals surface area contributed by atoms with E-state index in [0.29, 0.717) is 0 Å². The van der Waals surface area contributed by atoms with Gasteiger partial charge in [0, 0.05) is 49.9 Å². The maximum absolute atomic E-state index is 6.45. The van der Waals surface area contributed by atoms with Crippen LogP contribution in [0.1, 0.15) is 0 Å². The molecule has 0 amide bonds. The third-order valence-electron chi connectivity index (χ3n) is 11.2. The molecular weight excluding hydrogens is 693 g/mol. The fourth-order valence-electron chi connectivity index (χ4n) is 8.58. The fraction of sp³-hybridized carbons (Fsp3) is 0. The SMILES string of the molecule is c1ccc(-c2cccc(N(c3ccc(-c4cccc5c4oc4ccccc45)cc3)c3ccc4c(c3)c3c(-c5ccccc5)cccc3n4-c3ccccc3)c2)cc1. The first-order chi connectivity index (χ1) is 28.3. The Labute approximate surface area is 330 Å². The first-order valence-corrected chi connectivity index (χ1v) is 19.4. The van der Waals surface area contributed by atoms with Crippen molar-refractivity contribution in [3.8, 4) is 39.1 Å². The second kappa shape index (κ2) is 13.6. The zero-order valence-electron chi connectivity index (χ0n) is 31.1. The minimum atomic E-state index is 0.903. The van der Waals surface area contributed by atoms with Gasteiger partial charge in [0.1, 0.15) is 11.2 Å². The topological polar surface area (TPSA) is 21.3 Å². The molecule has 0 unspecified atom stereocenters. The van der Waals surface area contributed by atoms with Gasteiger partial charge in [0.25, 0.3) is 0 Å². The molecule has 268 valence electrons. The maximum Gasteiger partial charge on any atom is 0.143 e. The molecule has 11 aromatic rings. The molecule has 57 heavy (non-hydrogen) atoms. The van der Waals surface area contributed by atoms with Crippen LogP contribution in [0.5, 0.6) is 0 Å². The molecule has 2 aromatic heterocycles. The summed E-state index contributed by atoms with van der Waals surface area (Å²) >= 11 is 0. The molecule has 0 saturated carbocycles. The zero-order chi connectivity index (χ0) is 37.7. The first kappa shape index (κ1) is 32.8. The second-order valence-electron chi connectivity index (χ2n) is 14.5. The van der Waals surface area contributed by atoms with Crippen LogP contribution < -0.4 is 4.90 Å². The predicted molar refractivity (Wildman–Crippen MR) is 239 cm³/mol. The second-order valence-corrected chi connectivity index (χ2v) is 14.5. The van der Waals surface area contributed by atoms with E-state index in [1.165, 1.54) is 38.5 Å². The van der Waals surface area contributed by atoms with Crippen LogP contribution in [0.15, 0.2) is 223 Å². The summed E-state index contributed by atoms with van der Waals surface area (Å²) in [6.07, 6.45) is 0. The zero-order valence-corrected chi connectivity index (χ0v) is 31.1. The molecule has 0 saturated heterocycles. The average molecular weight is 729 g/mol. The van der Waals surface area contributed by atoms with Gasteiger partial charge in [0.05, 0.1) is 11.0 Å². The van der Waals surface area contributed by atoms with Gasteiger partial charge in [-0.15, -0.1) is 0 Å². The van der Waals surface area contributed by atoms with Crippen LogP contribution in [0.4, 0.5) is 17.1 Å². The largest absolute Gasteiger partial charge is 0.455 e. The number of nitrogens with zero attached hydrogens (tertiary/aromatic N) is 2. The molecule has 0 bridgehead atoms. The summed E-state index contributed by atoms with van der Waals surface area (Å²) in [6.45, 7) is 0. The summed E-state index contributed by atoms with van der Waals surface area (Å²) in [5, 5.41) is 4.69. The Morgan fingerprint density at radius 1 is 0.351 bits per heavy atom. The number of hydrogen-bond donors (Lipinski definition) is 0. The molecule has 0 aliphatic rings. The van der Waals surface area contributed by atoms with Crippen molar-refractivity contribution in [1.29, 1.82) is 0 Å². The Balaban J connectivity index is 1.12. The number of furan rings is 1. The summed E-state index contributed by atoms with van der Waals surface area (Å²) in [4.78, 5) is 2.38. The van der Waals surface area contributed by atoms with E-state index in [0.717, 1.165) is 61.3 Å². The third kappa shape index (κ3) is 5.60. The van der Waals surface area contributed by atoms with Crippen molar-refractivity contribution >= 4 is 60.8 Å². The first-order valence-electron chi connectivity index (χ1n) is 19.4. The lowest BCUT2D eigenvalue weighted by molar-refractivity contribution is 0.670. The molecule has 9 aromatic carbocycles. The highest BCUT2D eigenvalue weighted by Gasteiger charge is 2.21. The molecule has 2 heterocycles. The Morgan fingerprint density at radius 3 is 1.75 bits per heavy atom. The quantitative estimate of drug-likeness (QED) is 0.163. The van der Waals surface area contributed by atoms with Gasteiger partial charge in [0.2, 0.25) is 0 Å². The monoisotopic (exact) mass is 728 g/mol. The number of hydrogen-bond acceptors (Lipinski definition) is 2. The van der Waals surface area contributed by atoms with Gasteiger partial charge < -0.3 is 13.9 Å². The van der Waals surface area contributed by atoms with E-state index in [2.05, 4.69) is 216 Å². The standard InChI is InChI=1S/C54H36N2O/c1-4-15-37(16-5-1)40-19-12-22-43(35-40)55(42-31-29-39(30-32-42)46-25-13-26-48-47-23-10-11-28-52(47)57-54(46)48)44-33-34-50-49(36-44)53-45(38-17-6-2-7-18-38)24-14-27-51(53)56(50)41-20-8-3-9-21-41/h1-36H. The van der Waals surface area contributed by atoms with Crippen LogP contribution in [-0.4, -0.2) is 4.57 Å². The van der Waals surface area contributed by atoms with Crippen LogP contribution in [0.2, 0.25) is 0 Å². The molecule has 0 spiro atoms. The lowest BCUT2D eigenvalue weighted by Crippen LogP contribution is -2.10. The molecule has 0 aliphatic heterocycles. The molecule has 0 fully saturated rings. The highest BCUT2D eigenvalue weighted by Crippen LogP contribution is 2.44. The Morgan fingerprint density at radius 2 is 0.947 bits per heavy atom. The number of rotatable bonds is 7. The smallest absolute Gasteiger partial charge is 0.143 e. The lowest BCUT2D eigenvalue weighted by Gasteiger charge is -2.26.